The van der Waals surface area contributed by atoms with E-state index in [1.54, 1.807) is 20.2 Å². The highest BCUT2D eigenvalue weighted by molar-refractivity contribution is 5.93. The first-order valence-electron chi connectivity index (χ1n) is 6.12. The van der Waals surface area contributed by atoms with Gasteiger partial charge in [-0.25, -0.2) is 9.48 Å². The Kier molecular flexibility index (Phi) is 4.33. The zero-order valence-corrected chi connectivity index (χ0v) is 11.6. The number of ether oxygens (including phenoxy) is 1. The first-order valence-corrected chi connectivity index (χ1v) is 6.12. The number of amides is 1. The number of aromatic carboxylic acids is 1. The molecule has 0 saturated carbocycles. The van der Waals surface area contributed by atoms with E-state index >= 15 is 0 Å². The summed E-state index contributed by atoms with van der Waals surface area (Å²) in [6.45, 7) is 1.90. The first-order chi connectivity index (χ1) is 10.0. The van der Waals surface area contributed by atoms with Crippen LogP contribution in [-0.2, 0) is 16.3 Å². The average Bonchev–Trinajstić information content (AvgIpc) is 3.07. The van der Waals surface area contributed by atoms with Crippen LogP contribution in [0.1, 0.15) is 23.5 Å². The van der Waals surface area contributed by atoms with Gasteiger partial charge >= 0.3 is 5.97 Å². The molecule has 0 aliphatic heterocycles. The van der Waals surface area contributed by atoms with Crippen LogP contribution < -0.4 is 5.32 Å². The lowest BCUT2D eigenvalue weighted by Crippen LogP contribution is -2.24. The molecule has 0 spiro atoms. The van der Waals surface area contributed by atoms with E-state index < -0.39 is 12.0 Å². The molecule has 112 valence electrons. The Balaban J connectivity index is 2.02. The summed E-state index contributed by atoms with van der Waals surface area (Å²) >= 11 is 0. The van der Waals surface area contributed by atoms with Crippen LogP contribution in [0.15, 0.2) is 24.7 Å². The number of methoxy groups -OCH3 is 1. The number of hydrogen-bond donors (Lipinski definition) is 2. The molecule has 2 heterocycles. The zero-order valence-electron chi connectivity index (χ0n) is 11.6. The van der Waals surface area contributed by atoms with Crippen molar-refractivity contribution in [3.05, 3.63) is 30.4 Å². The molecule has 0 fully saturated rings. The summed E-state index contributed by atoms with van der Waals surface area (Å²) in [4.78, 5) is 22.8. The number of carbonyl (C=O) groups is 2. The van der Waals surface area contributed by atoms with Crippen LogP contribution in [0.2, 0.25) is 0 Å². The third kappa shape index (κ3) is 3.45. The van der Waals surface area contributed by atoms with Gasteiger partial charge in [-0.1, -0.05) is 0 Å². The molecule has 2 rings (SSSR count). The molecule has 9 nitrogen and oxygen atoms in total. The van der Waals surface area contributed by atoms with Crippen molar-refractivity contribution in [2.45, 2.75) is 19.7 Å². The van der Waals surface area contributed by atoms with Crippen molar-refractivity contribution in [3.63, 3.8) is 0 Å². The quantitative estimate of drug-likeness (QED) is 0.806. The lowest BCUT2D eigenvalue weighted by molar-refractivity contribution is -0.119. The molecule has 1 unspecified atom stereocenters. The van der Waals surface area contributed by atoms with Crippen molar-refractivity contribution in [2.75, 3.05) is 12.4 Å². The van der Waals surface area contributed by atoms with Gasteiger partial charge in [0, 0.05) is 13.3 Å². The summed E-state index contributed by atoms with van der Waals surface area (Å²) in [5.74, 6) is -1.46. The van der Waals surface area contributed by atoms with Crippen molar-refractivity contribution in [1.29, 1.82) is 0 Å². The van der Waals surface area contributed by atoms with Gasteiger partial charge in [0.1, 0.15) is 12.8 Å². The molecule has 1 amide bonds. The Hall–Kier alpha value is -2.68. The van der Waals surface area contributed by atoms with E-state index in [4.69, 9.17) is 9.84 Å². The smallest absolute Gasteiger partial charge is 0.356 e. The van der Waals surface area contributed by atoms with Gasteiger partial charge in [-0.05, 0) is 13.0 Å². The monoisotopic (exact) mass is 293 g/mol. The summed E-state index contributed by atoms with van der Waals surface area (Å²) in [5, 5.41) is 19.3. The summed E-state index contributed by atoms with van der Waals surface area (Å²) in [5.41, 5.74) is 0.414. The van der Waals surface area contributed by atoms with E-state index in [1.807, 2.05) is 0 Å². The van der Waals surface area contributed by atoms with E-state index in [2.05, 4.69) is 15.5 Å². The van der Waals surface area contributed by atoms with Crippen LogP contribution in [-0.4, -0.2) is 43.7 Å². The van der Waals surface area contributed by atoms with Gasteiger partial charge in [0.05, 0.1) is 18.1 Å². The molecule has 2 N–H and O–H groups in total. The fraction of sp³-hybridized carbons (Fsp3) is 0.333. The molecule has 2 aromatic rings. The van der Waals surface area contributed by atoms with Crippen LogP contribution in [0.3, 0.4) is 0 Å². The highest BCUT2D eigenvalue weighted by atomic mass is 16.5. The molecule has 2 aromatic heterocycles. The molecule has 0 aromatic carbocycles. The molecule has 0 saturated heterocycles. The normalized spacial score (nSPS) is 12.1. The lowest BCUT2D eigenvalue weighted by atomic mass is 10.3. The van der Waals surface area contributed by atoms with Crippen LogP contribution in [0.25, 0.3) is 0 Å². The Morgan fingerprint density at radius 2 is 2.29 bits per heavy atom. The minimum Gasteiger partial charge on any atom is -0.476 e. The number of carbonyl (C=O) groups excluding carboxylic acids is 1. The van der Waals surface area contributed by atoms with E-state index in [1.165, 1.54) is 27.8 Å². The van der Waals surface area contributed by atoms with Gasteiger partial charge in [0.25, 0.3) is 0 Å². The zero-order chi connectivity index (χ0) is 15.4. The number of hydrogen-bond acceptors (Lipinski definition) is 5. The molecule has 9 heteroatoms. The summed E-state index contributed by atoms with van der Waals surface area (Å²) in [7, 11) is 1.54. The summed E-state index contributed by atoms with van der Waals surface area (Å²) in [6.07, 6.45) is 4.57. The molecule has 0 aliphatic rings. The average molecular weight is 293 g/mol. The fourth-order valence-electron chi connectivity index (χ4n) is 1.67. The Bertz CT molecular complexity index is 648. The lowest BCUT2D eigenvalue weighted by Gasteiger charge is -2.11. The van der Waals surface area contributed by atoms with Crippen LogP contribution in [0, 0.1) is 0 Å². The maximum absolute atomic E-state index is 12.1. The van der Waals surface area contributed by atoms with Crippen molar-refractivity contribution in [2.24, 2.45) is 0 Å². The maximum Gasteiger partial charge on any atom is 0.356 e. The van der Waals surface area contributed by atoms with Gasteiger partial charge < -0.3 is 15.2 Å². The Morgan fingerprint density at radius 3 is 2.90 bits per heavy atom. The van der Waals surface area contributed by atoms with Crippen LogP contribution in [0.5, 0.6) is 0 Å². The Labute approximate surface area is 120 Å². The fourth-order valence-corrected chi connectivity index (χ4v) is 1.67. The predicted octanol–water partition coefficient (Wildman–Crippen LogP) is 0.581. The molecule has 1 atom stereocenters. The van der Waals surface area contributed by atoms with E-state index in [0.717, 1.165) is 0 Å². The summed E-state index contributed by atoms with van der Waals surface area (Å²) in [6, 6.07) is 0.687. The second-order valence-corrected chi connectivity index (χ2v) is 4.34. The van der Waals surface area contributed by atoms with Gasteiger partial charge in [-0.3, -0.25) is 9.48 Å². The molecule has 0 bridgehead atoms. The standard InChI is InChI=1S/C12H15N5O4/c1-8(17-4-3-10(15-17)12(19)20)11(18)14-9-5-13-16(6-9)7-21-2/h3-6,8H,7H2,1-2H3,(H,14,18)(H,19,20). The number of carboxylic acid groups (broad SMARTS) is 1. The van der Waals surface area contributed by atoms with Gasteiger partial charge in [-0.15, -0.1) is 0 Å². The first kappa shape index (κ1) is 14.7. The highest BCUT2D eigenvalue weighted by Crippen LogP contribution is 2.11. The second-order valence-electron chi connectivity index (χ2n) is 4.34. The number of carboxylic acids is 1. The van der Waals surface area contributed by atoms with Crippen molar-refractivity contribution >= 4 is 17.6 Å². The molecule has 0 aliphatic carbocycles. The maximum atomic E-state index is 12.1. The van der Waals surface area contributed by atoms with Crippen LogP contribution >= 0.6 is 0 Å². The highest BCUT2D eigenvalue weighted by Gasteiger charge is 2.18. The molecule has 21 heavy (non-hydrogen) atoms. The summed E-state index contributed by atoms with van der Waals surface area (Å²) < 4.78 is 7.72. The van der Waals surface area contributed by atoms with Gasteiger partial charge in [0.15, 0.2) is 5.69 Å². The largest absolute Gasteiger partial charge is 0.476 e. The molecular weight excluding hydrogens is 278 g/mol. The van der Waals surface area contributed by atoms with Gasteiger partial charge in [-0.2, -0.15) is 10.2 Å². The minimum absolute atomic E-state index is 0.109. The second kappa shape index (κ2) is 6.18. The molecular formula is C12H15N5O4. The SMILES string of the molecule is COCn1cc(NC(=O)C(C)n2ccc(C(=O)O)n2)cn1. The number of rotatable bonds is 6. The number of nitrogens with zero attached hydrogens (tertiary/aromatic N) is 4. The van der Waals surface area contributed by atoms with E-state index in [-0.39, 0.29) is 18.3 Å². The number of anilines is 1. The topological polar surface area (TPSA) is 111 Å². The van der Waals surface area contributed by atoms with Crippen molar-refractivity contribution < 1.29 is 19.4 Å². The van der Waals surface area contributed by atoms with Crippen molar-refractivity contribution in [3.8, 4) is 0 Å². The predicted molar refractivity (Wildman–Crippen MR) is 71.8 cm³/mol. The number of aromatic nitrogens is 4. The number of nitrogens with one attached hydrogen (secondary N) is 1. The van der Waals surface area contributed by atoms with E-state index in [0.29, 0.717) is 5.69 Å². The van der Waals surface area contributed by atoms with E-state index in [9.17, 15) is 9.59 Å². The third-order valence-corrected chi connectivity index (χ3v) is 2.77. The van der Waals surface area contributed by atoms with Crippen LogP contribution in [0.4, 0.5) is 5.69 Å². The third-order valence-electron chi connectivity index (χ3n) is 2.77. The minimum atomic E-state index is -1.14. The Morgan fingerprint density at radius 1 is 1.52 bits per heavy atom. The molecule has 0 radical (unpaired) electrons. The van der Waals surface area contributed by atoms with Crippen molar-refractivity contribution in [1.82, 2.24) is 19.6 Å². The van der Waals surface area contributed by atoms with Gasteiger partial charge in [0.2, 0.25) is 5.91 Å².